The van der Waals surface area contributed by atoms with Gasteiger partial charge in [-0.15, -0.1) is 11.3 Å². The largest absolute Gasteiger partial charge is 0.480 e. The van der Waals surface area contributed by atoms with Crippen molar-refractivity contribution < 1.29 is 24.2 Å². The molecule has 1 aliphatic rings. The van der Waals surface area contributed by atoms with Crippen LogP contribution in [0.5, 0.6) is 0 Å². The van der Waals surface area contributed by atoms with Gasteiger partial charge in [0.05, 0.1) is 5.56 Å². The molecule has 1 aromatic carbocycles. The number of anilines is 2. The van der Waals surface area contributed by atoms with E-state index in [9.17, 15) is 14.4 Å². The number of hydrogen-bond acceptors (Lipinski definition) is 5. The van der Waals surface area contributed by atoms with E-state index in [4.69, 9.17) is 9.84 Å². The number of carbonyl (C=O) groups is 3. The molecule has 0 spiro atoms. The molecular weight excluding hydrogens is 380 g/mol. The van der Waals surface area contributed by atoms with E-state index in [0.29, 0.717) is 22.2 Å². The molecule has 1 atom stereocenters. The van der Waals surface area contributed by atoms with Gasteiger partial charge in [0.1, 0.15) is 18.2 Å². The Morgan fingerprint density at radius 2 is 1.93 bits per heavy atom. The number of carboxylic acid groups (broad SMARTS) is 1. The third kappa shape index (κ3) is 4.96. The first-order chi connectivity index (χ1) is 13.4. The van der Waals surface area contributed by atoms with E-state index in [-0.39, 0.29) is 12.5 Å². The zero-order chi connectivity index (χ0) is 20.1. The lowest BCUT2D eigenvalue weighted by molar-refractivity contribution is -0.143. The molecule has 3 rings (SSSR count). The van der Waals surface area contributed by atoms with E-state index < -0.39 is 18.5 Å². The second-order valence-electron chi connectivity index (χ2n) is 6.81. The highest BCUT2D eigenvalue weighted by atomic mass is 32.1. The Bertz CT molecular complexity index is 878. The fraction of sp³-hybridized carbons (Fsp3) is 0.350. The van der Waals surface area contributed by atoms with Crippen molar-refractivity contribution in [1.82, 2.24) is 0 Å². The summed E-state index contributed by atoms with van der Waals surface area (Å²) in [7, 11) is 0. The van der Waals surface area contributed by atoms with Crippen LogP contribution in [0.1, 0.15) is 34.1 Å². The van der Waals surface area contributed by atoms with Crippen molar-refractivity contribution in [3.8, 4) is 0 Å². The minimum atomic E-state index is -1.14. The molecule has 2 aromatic rings. The van der Waals surface area contributed by atoms with Crippen LogP contribution < -0.4 is 10.6 Å². The van der Waals surface area contributed by atoms with Crippen molar-refractivity contribution in [3.05, 3.63) is 46.3 Å². The van der Waals surface area contributed by atoms with Crippen LogP contribution in [0.4, 0.5) is 10.7 Å². The van der Waals surface area contributed by atoms with Crippen LogP contribution in [0, 0.1) is 5.92 Å². The standard InChI is InChI=1S/C20H22N2O5S/c1-12-7-8-14-15(9-12)28-20(22-16(23)10-27-11-17(24)25)18(14)19(26)21-13-5-3-2-4-6-13/h2-6,12H,7-11H2,1H3,(H,21,26)(H,22,23)(H,24,25)/t12-/m1/s1. The van der Waals surface area contributed by atoms with E-state index in [2.05, 4.69) is 17.6 Å². The SMILES string of the molecule is C[C@@H]1CCc2c(sc(NC(=O)COCC(=O)O)c2C(=O)Nc2ccccc2)C1. The summed E-state index contributed by atoms with van der Waals surface area (Å²) in [5.41, 5.74) is 2.15. The molecule has 28 heavy (non-hydrogen) atoms. The molecule has 0 radical (unpaired) electrons. The molecule has 7 nitrogen and oxygen atoms in total. The normalized spacial score (nSPS) is 15.5. The molecule has 1 aliphatic carbocycles. The maximum atomic E-state index is 13.0. The van der Waals surface area contributed by atoms with Gasteiger partial charge < -0.3 is 20.5 Å². The molecule has 0 fully saturated rings. The Hall–Kier alpha value is -2.71. The van der Waals surface area contributed by atoms with Crippen molar-refractivity contribution in [1.29, 1.82) is 0 Å². The Labute approximate surface area is 166 Å². The van der Waals surface area contributed by atoms with Gasteiger partial charge in [-0.25, -0.2) is 4.79 Å². The van der Waals surface area contributed by atoms with Gasteiger partial charge in [0.15, 0.2) is 0 Å². The molecule has 0 bridgehead atoms. The zero-order valence-electron chi connectivity index (χ0n) is 15.5. The number of thiophene rings is 1. The van der Waals surface area contributed by atoms with Gasteiger partial charge in [0, 0.05) is 10.6 Å². The van der Waals surface area contributed by atoms with E-state index in [1.54, 1.807) is 12.1 Å². The van der Waals surface area contributed by atoms with Crippen molar-refractivity contribution in [3.63, 3.8) is 0 Å². The van der Waals surface area contributed by atoms with E-state index in [1.807, 2.05) is 18.2 Å². The summed E-state index contributed by atoms with van der Waals surface area (Å²) in [6, 6.07) is 9.14. The molecular formula is C20H22N2O5S. The summed E-state index contributed by atoms with van der Waals surface area (Å²) in [6.45, 7) is 1.24. The van der Waals surface area contributed by atoms with Gasteiger partial charge in [-0.3, -0.25) is 9.59 Å². The Morgan fingerprint density at radius 1 is 1.18 bits per heavy atom. The number of ether oxygens (including phenoxy) is 1. The number of carbonyl (C=O) groups excluding carboxylic acids is 2. The lowest BCUT2D eigenvalue weighted by atomic mass is 9.88. The number of rotatable bonds is 7. The molecule has 8 heteroatoms. The summed E-state index contributed by atoms with van der Waals surface area (Å²) in [5, 5.41) is 14.7. The third-order valence-corrected chi connectivity index (χ3v) is 5.65. The maximum Gasteiger partial charge on any atom is 0.329 e. The monoisotopic (exact) mass is 402 g/mol. The van der Waals surface area contributed by atoms with Crippen LogP contribution >= 0.6 is 11.3 Å². The van der Waals surface area contributed by atoms with Crippen LogP contribution in [-0.4, -0.2) is 36.1 Å². The number of fused-ring (bicyclic) bond motifs is 1. The number of hydrogen-bond donors (Lipinski definition) is 3. The number of amides is 2. The first-order valence-electron chi connectivity index (χ1n) is 9.04. The average molecular weight is 402 g/mol. The highest BCUT2D eigenvalue weighted by Gasteiger charge is 2.28. The first-order valence-corrected chi connectivity index (χ1v) is 9.86. The number of benzene rings is 1. The smallest absolute Gasteiger partial charge is 0.329 e. The summed E-state index contributed by atoms with van der Waals surface area (Å²) in [5.74, 6) is -1.36. The van der Waals surface area contributed by atoms with Crippen LogP contribution in [0.15, 0.2) is 30.3 Å². The van der Waals surface area contributed by atoms with Crippen LogP contribution in [0.3, 0.4) is 0 Å². The van der Waals surface area contributed by atoms with Gasteiger partial charge in [0.2, 0.25) is 0 Å². The first kappa shape index (κ1) is 20.0. The molecule has 3 N–H and O–H groups in total. The highest BCUT2D eigenvalue weighted by molar-refractivity contribution is 7.17. The van der Waals surface area contributed by atoms with Gasteiger partial charge >= 0.3 is 5.97 Å². The van der Waals surface area contributed by atoms with Gasteiger partial charge in [0.25, 0.3) is 11.8 Å². The topological polar surface area (TPSA) is 105 Å². The Balaban J connectivity index is 1.81. The molecule has 0 aliphatic heterocycles. The van der Waals surface area contributed by atoms with Crippen molar-refractivity contribution in [2.75, 3.05) is 23.8 Å². The quantitative estimate of drug-likeness (QED) is 0.660. The molecule has 1 aromatic heterocycles. The average Bonchev–Trinajstić information content (AvgIpc) is 2.98. The van der Waals surface area contributed by atoms with E-state index >= 15 is 0 Å². The number of carboxylic acids is 1. The zero-order valence-corrected chi connectivity index (χ0v) is 16.3. The molecule has 0 saturated carbocycles. The lowest BCUT2D eigenvalue weighted by Gasteiger charge is -2.18. The predicted octanol–water partition coefficient (Wildman–Crippen LogP) is 3.16. The summed E-state index contributed by atoms with van der Waals surface area (Å²) in [6.07, 6.45) is 2.65. The van der Waals surface area contributed by atoms with Crippen molar-refractivity contribution >= 4 is 39.8 Å². The molecule has 148 valence electrons. The fourth-order valence-corrected chi connectivity index (χ4v) is 4.61. The molecule has 1 heterocycles. The van der Waals surface area contributed by atoms with Gasteiger partial charge in [-0.1, -0.05) is 25.1 Å². The summed E-state index contributed by atoms with van der Waals surface area (Å²) < 4.78 is 4.84. The summed E-state index contributed by atoms with van der Waals surface area (Å²) in [4.78, 5) is 36.7. The van der Waals surface area contributed by atoms with Crippen molar-refractivity contribution in [2.45, 2.75) is 26.2 Å². The highest BCUT2D eigenvalue weighted by Crippen LogP contribution is 2.40. The van der Waals surface area contributed by atoms with E-state index in [1.165, 1.54) is 11.3 Å². The van der Waals surface area contributed by atoms with E-state index in [0.717, 1.165) is 29.7 Å². The number of nitrogens with one attached hydrogen (secondary N) is 2. The minimum absolute atomic E-state index is 0.264. The maximum absolute atomic E-state index is 13.0. The number of aliphatic carboxylic acids is 1. The van der Waals surface area contributed by atoms with Gasteiger partial charge in [-0.05, 0) is 42.9 Å². The van der Waals surface area contributed by atoms with Gasteiger partial charge in [-0.2, -0.15) is 0 Å². The Morgan fingerprint density at radius 3 is 2.64 bits per heavy atom. The van der Waals surface area contributed by atoms with Crippen LogP contribution in [0.25, 0.3) is 0 Å². The molecule has 2 amide bonds. The Kier molecular flexibility index (Phi) is 6.43. The minimum Gasteiger partial charge on any atom is -0.480 e. The second kappa shape index (κ2) is 8.99. The summed E-state index contributed by atoms with van der Waals surface area (Å²) >= 11 is 1.41. The predicted molar refractivity (Wildman–Crippen MR) is 107 cm³/mol. The third-order valence-electron chi connectivity index (χ3n) is 4.48. The van der Waals surface area contributed by atoms with Crippen LogP contribution in [-0.2, 0) is 27.2 Å². The molecule has 0 unspecified atom stereocenters. The number of para-hydroxylation sites is 1. The molecule has 0 saturated heterocycles. The van der Waals surface area contributed by atoms with Crippen LogP contribution in [0.2, 0.25) is 0 Å². The lowest BCUT2D eigenvalue weighted by Crippen LogP contribution is -2.22. The second-order valence-corrected chi connectivity index (χ2v) is 7.92. The van der Waals surface area contributed by atoms with Crippen molar-refractivity contribution in [2.24, 2.45) is 5.92 Å². The fourth-order valence-electron chi connectivity index (χ4n) is 3.19.